The molecule has 1 amide bonds. The van der Waals surface area contributed by atoms with Crippen molar-refractivity contribution in [2.45, 2.75) is 4.90 Å². The number of rotatable bonds is 7. The van der Waals surface area contributed by atoms with E-state index in [2.05, 4.69) is 5.10 Å². The number of ether oxygens (including phenoxy) is 3. The van der Waals surface area contributed by atoms with E-state index in [4.69, 9.17) is 14.2 Å². The molecular weight excluding hydrogens is 428 g/mol. The molecule has 0 saturated carbocycles. The second-order valence-electron chi connectivity index (χ2n) is 6.78. The van der Waals surface area contributed by atoms with Crippen LogP contribution in [0.2, 0.25) is 0 Å². The van der Waals surface area contributed by atoms with Crippen LogP contribution in [0.5, 0.6) is 11.5 Å². The summed E-state index contributed by atoms with van der Waals surface area (Å²) >= 11 is 0. The van der Waals surface area contributed by atoms with Gasteiger partial charge >= 0.3 is 5.97 Å². The number of hydrogen-bond donors (Lipinski definition) is 0. The topological polar surface area (TPSA) is 120 Å². The SMILES string of the molecule is COc1ccc(S(=O)(=O)N2CCN(C(=O)COC(=O)c3cnn(C)c3)CC2)cc1OC. The highest BCUT2D eigenvalue weighted by Gasteiger charge is 2.31. The molecule has 0 unspecified atom stereocenters. The summed E-state index contributed by atoms with van der Waals surface area (Å²) < 4.78 is 44.0. The Morgan fingerprint density at radius 2 is 1.74 bits per heavy atom. The van der Waals surface area contributed by atoms with Crippen molar-refractivity contribution in [1.29, 1.82) is 0 Å². The van der Waals surface area contributed by atoms with Gasteiger partial charge < -0.3 is 19.1 Å². The number of carbonyl (C=O) groups is 2. The van der Waals surface area contributed by atoms with E-state index in [-0.39, 0.29) is 42.5 Å². The Balaban J connectivity index is 1.57. The van der Waals surface area contributed by atoms with Gasteiger partial charge in [-0.25, -0.2) is 13.2 Å². The highest BCUT2D eigenvalue weighted by atomic mass is 32.2. The molecule has 2 aromatic rings. The van der Waals surface area contributed by atoms with Crippen molar-refractivity contribution in [2.75, 3.05) is 47.0 Å². The van der Waals surface area contributed by atoms with Gasteiger partial charge in [0.15, 0.2) is 18.1 Å². The Bertz CT molecular complexity index is 1060. The molecule has 31 heavy (non-hydrogen) atoms. The second kappa shape index (κ2) is 9.35. The fraction of sp³-hybridized carbons (Fsp3) is 0.421. The van der Waals surface area contributed by atoms with E-state index in [1.54, 1.807) is 7.05 Å². The molecule has 11 nitrogen and oxygen atoms in total. The fourth-order valence-corrected chi connectivity index (χ4v) is 4.57. The fourth-order valence-electron chi connectivity index (χ4n) is 3.13. The van der Waals surface area contributed by atoms with Gasteiger partial charge in [-0.3, -0.25) is 9.48 Å². The average Bonchev–Trinajstić information content (AvgIpc) is 3.23. The lowest BCUT2D eigenvalue weighted by Gasteiger charge is -2.33. The molecule has 0 atom stereocenters. The summed E-state index contributed by atoms with van der Waals surface area (Å²) in [5.41, 5.74) is 0.251. The highest BCUT2D eigenvalue weighted by Crippen LogP contribution is 2.30. The van der Waals surface area contributed by atoms with Crippen LogP contribution >= 0.6 is 0 Å². The lowest BCUT2D eigenvalue weighted by molar-refractivity contribution is -0.135. The number of esters is 1. The maximum atomic E-state index is 13.0. The summed E-state index contributed by atoms with van der Waals surface area (Å²) in [6.07, 6.45) is 2.84. The van der Waals surface area contributed by atoms with Gasteiger partial charge in [0.25, 0.3) is 5.91 Å². The molecule has 1 aliphatic heterocycles. The zero-order chi connectivity index (χ0) is 22.6. The van der Waals surface area contributed by atoms with E-state index in [0.29, 0.717) is 11.5 Å². The minimum absolute atomic E-state index is 0.0790. The van der Waals surface area contributed by atoms with E-state index in [0.717, 1.165) is 0 Å². The van der Waals surface area contributed by atoms with Crippen LogP contribution in [0.25, 0.3) is 0 Å². The summed E-state index contributed by atoms with van der Waals surface area (Å²) in [5.74, 6) is -0.290. The zero-order valence-corrected chi connectivity index (χ0v) is 18.3. The minimum atomic E-state index is -3.76. The molecule has 0 radical (unpaired) electrons. The lowest BCUT2D eigenvalue weighted by Crippen LogP contribution is -2.51. The van der Waals surface area contributed by atoms with Crippen molar-refractivity contribution in [1.82, 2.24) is 19.0 Å². The standard InChI is InChI=1S/C19H24N4O7S/c1-21-12-14(11-20-21)19(25)30-13-18(24)22-6-8-23(9-7-22)31(26,27)15-4-5-16(28-2)17(10-15)29-3/h4-5,10-12H,6-9,13H2,1-3H3. The van der Waals surface area contributed by atoms with Gasteiger partial charge in [-0.1, -0.05) is 0 Å². The first kappa shape index (κ1) is 22.6. The van der Waals surface area contributed by atoms with Gasteiger partial charge in [0.2, 0.25) is 10.0 Å². The van der Waals surface area contributed by atoms with Crippen LogP contribution in [0.3, 0.4) is 0 Å². The van der Waals surface area contributed by atoms with Crippen LogP contribution in [0.1, 0.15) is 10.4 Å². The third-order valence-corrected chi connectivity index (χ3v) is 6.75. The third kappa shape index (κ3) is 4.97. The predicted molar refractivity (Wildman–Crippen MR) is 108 cm³/mol. The molecule has 1 saturated heterocycles. The highest BCUT2D eigenvalue weighted by molar-refractivity contribution is 7.89. The quantitative estimate of drug-likeness (QED) is 0.544. The van der Waals surface area contributed by atoms with E-state index >= 15 is 0 Å². The Hall–Kier alpha value is -3.12. The largest absolute Gasteiger partial charge is 0.493 e. The van der Waals surface area contributed by atoms with Crippen LogP contribution in [-0.4, -0.2) is 86.3 Å². The van der Waals surface area contributed by atoms with Crippen LogP contribution in [0.15, 0.2) is 35.5 Å². The predicted octanol–water partition coefficient (Wildman–Crippen LogP) is 0.127. The number of nitrogens with zero attached hydrogens (tertiary/aromatic N) is 4. The molecular formula is C19H24N4O7S. The van der Waals surface area contributed by atoms with Crippen molar-refractivity contribution in [2.24, 2.45) is 7.05 Å². The number of aromatic nitrogens is 2. The van der Waals surface area contributed by atoms with E-state index in [1.807, 2.05) is 0 Å². The molecule has 12 heteroatoms. The molecule has 168 valence electrons. The van der Waals surface area contributed by atoms with Gasteiger partial charge in [0.1, 0.15) is 0 Å². The second-order valence-corrected chi connectivity index (χ2v) is 8.72. The summed E-state index contributed by atoms with van der Waals surface area (Å²) in [7, 11) is 0.800. The number of amides is 1. The Morgan fingerprint density at radius 3 is 2.32 bits per heavy atom. The van der Waals surface area contributed by atoms with Crippen LogP contribution in [0.4, 0.5) is 0 Å². The van der Waals surface area contributed by atoms with Crippen LogP contribution in [0, 0.1) is 0 Å². The molecule has 2 heterocycles. The first-order valence-electron chi connectivity index (χ1n) is 9.42. The Kier molecular flexibility index (Phi) is 6.81. The van der Waals surface area contributed by atoms with Crippen molar-refractivity contribution in [3.8, 4) is 11.5 Å². The molecule has 0 N–H and O–H groups in total. The van der Waals surface area contributed by atoms with Crippen molar-refractivity contribution in [3.05, 3.63) is 36.2 Å². The first-order valence-corrected chi connectivity index (χ1v) is 10.9. The Morgan fingerprint density at radius 1 is 1.06 bits per heavy atom. The molecule has 0 bridgehead atoms. The monoisotopic (exact) mass is 452 g/mol. The van der Waals surface area contributed by atoms with Gasteiger partial charge in [0.05, 0.1) is 30.9 Å². The number of carbonyl (C=O) groups excluding carboxylic acids is 2. The summed E-state index contributed by atoms with van der Waals surface area (Å²) in [6.45, 7) is 0.208. The van der Waals surface area contributed by atoms with Gasteiger partial charge in [-0.15, -0.1) is 0 Å². The number of sulfonamides is 1. The average molecular weight is 452 g/mol. The van der Waals surface area contributed by atoms with Gasteiger partial charge in [-0.2, -0.15) is 9.40 Å². The maximum Gasteiger partial charge on any atom is 0.341 e. The van der Waals surface area contributed by atoms with Crippen LogP contribution < -0.4 is 9.47 Å². The summed E-state index contributed by atoms with van der Waals surface area (Å²) in [4.78, 5) is 25.8. The third-order valence-electron chi connectivity index (χ3n) is 4.85. The molecule has 1 aromatic heterocycles. The summed E-state index contributed by atoms with van der Waals surface area (Å²) in [6, 6.07) is 4.39. The first-order chi connectivity index (χ1) is 14.8. The maximum absolute atomic E-state index is 13.0. The van der Waals surface area contributed by atoms with E-state index in [9.17, 15) is 18.0 Å². The zero-order valence-electron chi connectivity index (χ0n) is 17.5. The summed E-state index contributed by atoms with van der Waals surface area (Å²) in [5, 5.41) is 3.87. The van der Waals surface area contributed by atoms with Crippen molar-refractivity contribution in [3.63, 3.8) is 0 Å². The number of aryl methyl sites for hydroxylation is 1. The van der Waals surface area contributed by atoms with Gasteiger partial charge in [-0.05, 0) is 12.1 Å². The number of benzene rings is 1. The molecule has 1 fully saturated rings. The molecule has 0 spiro atoms. The lowest BCUT2D eigenvalue weighted by atomic mass is 10.3. The van der Waals surface area contributed by atoms with Crippen molar-refractivity contribution < 1.29 is 32.2 Å². The van der Waals surface area contributed by atoms with Crippen molar-refractivity contribution >= 4 is 21.9 Å². The smallest absolute Gasteiger partial charge is 0.341 e. The Labute approximate surface area is 180 Å². The molecule has 0 aliphatic carbocycles. The van der Waals surface area contributed by atoms with Crippen LogP contribution in [-0.2, 0) is 26.6 Å². The number of methoxy groups -OCH3 is 2. The van der Waals surface area contributed by atoms with Gasteiger partial charge in [0, 0.05) is 45.5 Å². The minimum Gasteiger partial charge on any atom is -0.493 e. The van der Waals surface area contributed by atoms with E-state index in [1.165, 1.54) is 58.7 Å². The molecule has 1 aliphatic rings. The van der Waals surface area contributed by atoms with E-state index < -0.39 is 22.6 Å². The number of hydrogen-bond acceptors (Lipinski definition) is 8. The number of piperazine rings is 1. The molecule has 3 rings (SSSR count). The molecule has 1 aromatic carbocycles. The normalized spacial score (nSPS) is 14.9.